The van der Waals surface area contributed by atoms with E-state index in [2.05, 4.69) is 4.28 Å². The molecule has 11 nitrogen and oxygen atoms in total. The van der Waals surface area contributed by atoms with E-state index < -0.39 is 44.5 Å². The summed E-state index contributed by atoms with van der Waals surface area (Å²) in [5.74, 6) is -4.54. The maximum atomic E-state index is 12.7. The van der Waals surface area contributed by atoms with E-state index in [0.29, 0.717) is 0 Å². The Bertz CT molecular complexity index is 856. The van der Waals surface area contributed by atoms with Gasteiger partial charge in [-0.25, -0.2) is 0 Å². The Balaban J connectivity index is 0.00000300. The molecule has 154 valence electrons. The monoisotopic (exact) mass is 438 g/mol. The molecule has 0 aromatic carbocycles. The first-order valence-electron chi connectivity index (χ1n) is 8.64. The van der Waals surface area contributed by atoms with Gasteiger partial charge in [0.2, 0.25) is 0 Å². The third-order valence-electron chi connectivity index (χ3n) is 5.30. The molecule has 2 heterocycles. The number of amides is 4. The molecule has 3 aliphatic rings. The topological polar surface area (TPSA) is 155 Å². The molecule has 4 amide bonds. The quantitative estimate of drug-likeness (QED) is 0.393. The molecule has 2 fully saturated rings. The van der Waals surface area contributed by atoms with Crippen molar-refractivity contribution in [3.63, 3.8) is 0 Å². The van der Waals surface area contributed by atoms with Crippen LogP contribution < -0.4 is 0 Å². The number of carbonyl (C=O) groups is 5. The van der Waals surface area contributed by atoms with Crippen molar-refractivity contribution in [2.45, 2.75) is 43.3 Å². The Kier molecular flexibility index (Phi) is 7.05. The van der Waals surface area contributed by atoms with Crippen LogP contribution in [0.25, 0.3) is 0 Å². The number of carbonyl (C=O) groups excluding carboxylic acids is 4. The van der Waals surface area contributed by atoms with Gasteiger partial charge in [-0.2, -0.15) is 8.42 Å². The van der Waals surface area contributed by atoms with Gasteiger partial charge in [0.25, 0.3) is 23.6 Å². The summed E-state index contributed by atoms with van der Waals surface area (Å²) in [6.07, 6.45) is 1.39. The summed E-state index contributed by atoms with van der Waals surface area (Å²) in [4.78, 5) is 59.4. The summed E-state index contributed by atoms with van der Waals surface area (Å²) in [6, 6.07) is 0. The fourth-order valence-electron chi connectivity index (χ4n) is 3.58. The molecule has 1 saturated heterocycles. The number of imide groups is 2. The van der Waals surface area contributed by atoms with Gasteiger partial charge in [-0.05, 0) is 31.6 Å². The van der Waals surface area contributed by atoms with E-state index >= 15 is 0 Å². The first-order valence-corrected chi connectivity index (χ1v) is 10.0. The summed E-state index contributed by atoms with van der Waals surface area (Å²) in [6.45, 7) is 0.0599. The Labute approximate surface area is 188 Å². The van der Waals surface area contributed by atoms with Crippen molar-refractivity contribution >= 4 is 69.3 Å². The van der Waals surface area contributed by atoms with Gasteiger partial charge in [0.15, 0.2) is 4.75 Å². The molecule has 2 aliphatic heterocycles. The second-order valence-corrected chi connectivity index (χ2v) is 8.81. The van der Waals surface area contributed by atoms with Crippen LogP contribution in [0.1, 0.15) is 38.5 Å². The molecular weight excluding hydrogens is 419 g/mol. The van der Waals surface area contributed by atoms with E-state index in [1.807, 2.05) is 0 Å². The van der Waals surface area contributed by atoms with Crippen molar-refractivity contribution in [2.75, 3.05) is 6.54 Å². The fraction of sp³-hybridized carbons (Fsp3) is 0.562. The van der Waals surface area contributed by atoms with Gasteiger partial charge in [-0.1, -0.05) is 0 Å². The van der Waals surface area contributed by atoms with Crippen molar-refractivity contribution < 1.29 is 41.8 Å². The van der Waals surface area contributed by atoms with Gasteiger partial charge in [-0.3, -0.25) is 28.9 Å². The van der Waals surface area contributed by atoms with Crippen LogP contribution in [0.2, 0.25) is 0 Å². The van der Waals surface area contributed by atoms with Crippen LogP contribution in [0, 0.1) is 5.92 Å². The molecule has 29 heavy (non-hydrogen) atoms. The first-order chi connectivity index (χ1) is 13.1. The molecule has 0 unspecified atom stereocenters. The van der Waals surface area contributed by atoms with Crippen LogP contribution in [0.3, 0.4) is 0 Å². The molecule has 1 N–H and O–H groups in total. The number of carboxylic acids is 1. The van der Waals surface area contributed by atoms with Crippen molar-refractivity contribution in [1.82, 2.24) is 9.96 Å². The second kappa shape index (κ2) is 8.64. The SMILES string of the molecule is O=C1C=CC(=O)N1CC1CCC(C(=O)O)(S(=O)(=O)ON2C(=O)CCC2=O)CC1.[NaH]. The summed E-state index contributed by atoms with van der Waals surface area (Å²) in [7, 11) is -4.84. The molecular formula is C16H19N2NaO9S. The minimum absolute atomic E-state index is 0. The number of aliphatic carboxylic acids is 1. The molecule has 0 aromatic rings. The van der Waals surface area contributed by atoms with Crippen LogP contribution in [0.15, 0.2) is 12.2 Å². The molecule has 0 bridgehead atoms. The van der Waals surface area contributed by atoms with Gasteiger partial charge in [0.05, 0.1) is 0 Å². The normalized spacial score (nSPS) is 27.5. The molecule has 0 atom stereocenters. The zero-order valence-corrected chi connectivity index (χ0v) is 15.5. The van der Waals surface area contributed by atoms with E-state index in [1.54, 1.807) is 0 Å². The Morgan fingerprint density at radius 2 is 1.55 bits per heavy atom. The zero-order valence-electron chi connectivity index (χ0n) is 14.7. The first kappa shape index (κ1) is 23.7. The van der Waals surface area contributed by atoms with E-state index in [9.17, 15) is 37.5 Å². The molecule has 0 aromatic heterocycles. The molecule has 1 saturated carbocycles. The maximum absolute atomic E-state index is 12.7. The average Bonchev–Trinajstić information content (AvgIpc) is 3.12. The number of rotatable bonds is 6. The number of hydroxylamine groups is 2. The van der Waals surface area contributed by atoms with Gasteiger partial charge in [0.1, 0.15) is 0 Å². The van der Waals surface area contributed by atoms with E-state index in [1.165, 1.54) is 0 Å². The number of nitrogens with zero attached hydrogens (tertiary/aromatic N) is 2. The van der Waals surface area contributed by atoms with Crippen LogP contribution in [0.4, 0.5) is 0 Å². The Morgan fingerprint density at radius 3 is 2.00 bits per heavy atom. The number of hydrogen-bond acceptors (Lipinski definition) is 8. The van der Waals surface area contributed by atoms with Crippen LogP contribution >= 0.6 is 0 Å². The number of hydrogen-bond donors (Lipinski definition) is 1. The van der Waals surface area contributed by atoms with Gasteiger partial charge in [-0.15, -0.1) is 9.35 Å². The van der Waals surface area contributed by atoms with Crippen LogP contribution in [0.5, 0.6) is 0 Å². The minimum atomic E-state index is -4.84. The Morgan fingerprint density at radius 1 is 1.07 bits per heavy atom. The van der Waals surface area contributed by atoms with Gasteiger partial charge < -0.3 is 5.11 Å². The molecule has 3 rings (SSSR count). The summed E-state index contributed by atoms with van der Waals surface area (Å²) >= 11 is 0. The predicted molar refractivity (Wildman–Crippen MR) is 96.4 cm³/mol. The fourth-order valence-corrected chi connectivity index (χ4v) is 5.03. The van der Waals surface area contributed by atoms with Crippen molar-refractivity contribution in [2.24, 2.45) is 5.92 Å². The summed E-state index contributed by atoms with van der Waals surface area (Å²) in [5.41, 5.74) is 0. The van der Waals surface area contributed by atoms with Crippen molar-refractivity contribution in [3.8, 4) is 0 Å². The predicted octanol–water partition coefficient (Wildman–Crippen LogP) is -1.31. The van der Waals surface area contributed by atoms with Crippen LogP contribution in [-0.2, 0) is 38.4 Å². The third kappa shape index (κ3) is 4.31. The molecule has 1 aliphatic carbocycles. The summed E-state index contributed by atoms with van der Waals surface area (Å²) in [5, 5.41) is 9.72. The second-order valence-electron chi connectivity index (χ2n) is 6.97. The van der Waals surface area contributed by atoms with Crippen molar-refractivity contribution in [1.29, 1.82) is 0 Å². The van der Waals surface area contributed by atoms with Gasteiger partial charge in [0, 0.05) is 31.5 Å². The zero-order chi connectivity index (χ0) is 20.7. The van der Waals surface area contributed by atoms with Gasteiger partial charge >= 0.3 is 45.6 Å². The molecule has 13 heteroatoms. The average molecular weight is 438 g/mol. The Hall–Kier alpha value is -1.60. The van der Waals surface area contributed by atoms with E-state index in [-0.39, 0.29) is 85.6 Å². The van der Waals surface area contributed by atoms with Crippen LogP contribution in [-0.4, -0.2) is 93.9 Å². The van der Waals surface area contributed by atoms with E-state index in [0.717, 1.165) is 17.1 Å². The summed E-state index contributed by atoms with van der Waals surface area (Å²) < 4.78 is 27.7. The standard InChI is InChI=1S/C16H18N2O9S.Na.H/c19-11-1-2-12(20)17(11)9-10-5-7-16(8-6-10,15(23)24)28(25,26)27-18-13(21)3-4-14(18)22;;/h1-2,10H,3-9H2,(H,23,24);;. The van der Waals surface area contributed by atoms with E-state index in [4.69, 9.17) is 0 Å². The molecule has 0 spiro atoms. The molecule has 0 radical (unpaired) electrons. The third-order valence-corrected chi connectivity index (χ3v) is 7.19. The number of carboxylic acid groups (broad SMARTS) is 1. The van der Waals surface area contributed by atoms with Crippen molar-refractivity contribution in [3.05, 3.63) is 12.2 Å².